The predicted octanol–water partition coefficient (Wildman–Crippen LogP) is 4.99. The van der Waals surface area contributed by atoms with Crippen molar-refractivity contribution in [2.75, 3.05) is 7.11 Å². The number of benzene rings is 2. The fourth-order valence-corrected chi connectivity index (χ4v) is 4.90. The van der Waals surface area contributed by atoms with Crippen LogP contribution in [0.25, 0.3) is 0 Å². The average Bonchev–Trinajstić information content (AvgIpc) is 3.12. The fraction of sp³-hybridized carbons (Fsp3) is 0.355. The lowest BCUT2D eigenvalue weighted by Crippen LogP contribution is -2.42. The molecule has 0 radical (unpaired) electrons. The molecule has 0 bridgehead atoms. The molecule has 1 aromatic heterocycles. The van der Waals surface area contributed by atoms with E-state index in [4.69, 9.17) is 14.2 Å². The molecule has 8 nitrogen and oxygen atoms in total. The van der Waals surface area contributed by atoms with E-state index in [0.717, 1.165) is 24.0 Å². The van der Waals surface area contributed by atoms with Crippen molar-refractivity contribution in [1.82, 2.24) is 10.3 Å². The van der Waals surface area contributed by atoms with Crippen molar-refractivity contribution in [3.05, 3.63) is 89.2 Å². The van der Waals surface area contributed by atoms with Gasteiger partial charge in [0.25, 0.3) is 5.91 Å². The second kappa shape index (κ2) is 13.0. The number of nitrogens with zero attached hydrogens (tertiary/aromatic N) is 1. The number of aromatic nitrogens is 1. The first-order chi connectivity index (χ1) is 18.9. The van der Waals surface area contributed by atoms with Crippen molar-refractivity contribution in [3.8, 4) is 11.5 Å². The highest BCUT2D eigenvalue weighted by Gasteiger charge is 2.33. The minimum absolute atomic E-state index is 0.0824. The van der Waals surface area contributed by atoms with E-state index in [2.05, 4.69) is 34.6 Å². The Bertz CT molecular complexity index is 1310. The molecule has 0 spiro atoms. The molecule has 1 N–H and O–H groups in total. The highest BCUT2D eigenvalue weighted by atomic mass is 16.6. The molecule has 39 heavy (non-hydrogen) atoms. The number of fused-ring (bicyclic) bond motifs is 1. The Morgan fingerprint density at radius 1 is 1.05 bits per heavy atom. The van der Waals surface area contributed by atoms with Gasteiger partial charge in [0.1, 0.15) is 12.1 Å². The zero-order chi connectivity index (χ0) is 27.8. The molecular formula is C31H34N2O6. The molecule has 1 heterocycles. The summed E-state index contributed by atoms with van der Waals surface area (Å²) in [6.07, 6.45) is 4.20. The molecule has 4 rings (SSSR count). The van der Waals surface area contributed by atoms with Crippen LogP contribution in [0.3, 0.4) is 0 Å². The van der Waals surface area contributed by atoms with Crippen molar-refractivity contribution in [1.29, 1.82) is 0 Å². The number of methoxy groups -OCH3 is 1. The lowest BCUT2D eigenvalue weighted by Gasteiger charge is -2.28. The van der Waals surface area contributed by atoms with Gasteiger partial charge in [0.05, 0.1) is 7.11 Å². The Hall–Kier alpha value is -4.20. The van der Waals surface area contributed by atoms with Crippen LogP contribution in [0.4, 0.5) is 0 Å². The smallest absolute Gasteiger partial charge is 0.328 e. The number of ether oxygens (including phenoxy) is 3. The van der Waals surface area contributed by atoms with E-state index in [1.807, 2.05) is 37.3 Å². The van der Waals surface area contributed by atoms with Gasteiger partial charge < -0.3 is 19.5 Å². The molecule has 1 aliphatic rings. The number of nitrogens with one attached hydrogen (secondary N) is 1. The summed E-state index contributed by atoms with van der Waals surface area (Å²) in [7, 11) is 1.40. The number of pyridine rings is 1. The van der Waals surface area contributed by atoms with E-state index in [1.54, 1.807) is 6.92 Å². The van der Waals surface area contributed by atoms with Gasteiger partial charge in [-0.2, -0.15) is 0 Å². The fourth-order valence-electron chi connectivity index (χ4n) is 4.90. The molecule has 204 valence electrons. The van der Waals surface area contributed by atoms with E-state index < -0.39 is 30.0 Å². The molecule has 0 fully saturated rings. The minimum atomic E-state index is -0.973. The first-order valence-electron chi connectivity index (χ1n) is 13.3. The van der Waals surface area contributed by atoms with Gasteiger partial charge in [0.2, 0.25) is 5.75 Å². The Morgan fingerprint density at radius 3 is 2.54 bits per heavy atom. The maximum absolute atomic E-state index is 13.3. The largest absolute Gasteiger partial charge is 0.493 e. The second-order valence-corrected chi connectivity index (χ2v) is 9.56. The van der Waals surface area contributed by atoms with Gasteiger partial charge in [0, 0.05) is 24.6 Å². The lowest BCUT2D eigenvalue weighted by molar-refractivity contribution is -0.152. The predicted molar refractivity (Wildman–Crippen MR) is 146 cm³/mol. The third-order valence-electron chi connectivity index (χ3n) is 6.80. The van der Waals surface area contributed by atoms with Gasteiger partial charge in [-0.3, -0.25) is 9.59 Å². The number of esters is 2. The summed E-state index contributed by atoms with van der Waals surface area (Å²) in [5, 5.41) is 2.65. The van der Waals surface area contributed by atoms with Crippen LogP contribution in [0, 0.1) is 0 Å². The molecule has 3 atom stereocenters. The third kappa shape index (κ3) is 6.63. The molecule has 8 heteroatoms. The molecule has 2 unspecified atom stereocenters. The molecular weight excluding hydrogens is 496 g/mol. The van der Waals surface area contributed by atoms with Crippen molar-refractivity contribution in [2.24, 2.45) is 0 Å². The minimum Gasteiger partial charge on any atom is -0.493 e. The van der Waals surface area contributed by atoms with Crippen LogP contribution in [-0.4, -0.2) is 42.1 Å². The molecule has 0 aliphatic heterocycles. The van der Waals surface area contributed by atoms with Crippen LogP contribution in [0.5, 0.6) is 11.5 Å². The Balaban J connectivity index is 1.53. The summed E-state index contributed by atoms with van der Waals surface area (Å²) in [6, 6.07) is 18.8. The van der Waals surface area contributed by atoms with Gasteiger partial charge in [-0.05, 0) is 49.3 Å². The molecule has 1 amide bonds. The number of carbonyl (C=O) groups is 3. The van der Waals surface area contributed by atoms with E-state index in [0.29, 0.717) is 12.8 Å². The first-order valence-corrected chi connectivity index (χ1v) is 13.3. The zero-order valence-electron chi connectivity index (χ0n) is 22.5. The highest BCUT2D eigenvalue weighted by Crippen LogP contribution is 2.37. The normalized spacial score (nSPS) is 17.2. The monoisotopic (exact) mass is 530 g/mol. The Morgan fingerprint density at radius 2 is 1.79 bits per heavy atom. The summed E-state index contributed by atoms with van der Waals surface area (Å²) in [6.45, 7) is 3.41. The standard InChI is InChI=1S/C31H34N2O6/c1-4-11-26(34)39-29-25(37-3)18-19-32-28(29)30(35)33-20(2)31(36)38-24-17-10-15-21-12-8-9-16-23(21)27(24)22-13-6-5-7-14-22/h5-9,12-14,16,18-20,24,27H,4,10-11,15,17H2,1-3H3,(H,33,35)/t20-,24?,27?/m0/s1. The SMILES string of the molecule is CCCC(=O)Oc1c(OC)ccnc1C(=O)N[C@@H](C)C(=O)OC1CCCc2ccccc2C1c1ccccc1. The summed E-state index contributed by atoms with van der Waals surface area (Å²) >= 11 is 0. The second-order valence-electron chi connectivity index (χ2n) is 9.56. The van der Waals surface area contributed by atoms with E-state index in [9.17, 15) is 14.4 Å². The molecule has 0 saturated heterocycles. The van der Waals surface area contributed by atoms with Gasteiger partial charge in [0.15, 0.2) is 11.4 Å². The maximum atomic E-state index is 13.3. The maximum Gasteiger partial charge on any atom is 0.328 e. The average molecular weight is 531 g/mol. The third-order valence-corrected chi connectivity index (χ3v) is 6.80. The van der Waals surface area contributed by atoms with Crippen LogP contribution in [0.1, 0.15) is 72.6 Å². The van der Waals surface area contributed by atoms with Crippen LogP contribution in [0.15, 0.2) is 66.9 Å². The number of aryl methyl sites for hydroxylation is 1. The van der Waals surface area contributed by atoms with Crippen molar-refractivity contribution >= 4 is 17.8 Å². The summed E-state index contributed by atoms with van der Waals surface area (Å²) < 4.78 is 16.8. The van der Waals surface area contributed by atoms with Crippen LogP contribution < -0.4 is 14.8 Å². The number of carbonyl (C=O) groups excluding carboxylic acids is 3. The zero-order valence-corrected chi connectivity index (χ0v) is 22.5. The van der Waals surface area contributed by atoms with Gasteiger partial charge in [-0.25, -0.2) is 9.78 Å². The van der Waals surface area contributed by atoms with E-state index in [-0.39, 0.29) is 29.5 Å². The summed E-state index contributed by atoms with van der Waals surface area (Å²) in [5.41, 5.74) is 3.32. The summed E-state index contributed by atoms with van der Waals surface area (Å²) in [4.78, 5) is 42.7. The summed E-state index contributed by atoms with van der Waals surface area (Å²) in [5.74, 6) is -1.75. The quantitative estimate of drug-likeness (QED) is 0.307. The van der Waals surface area contributed by atoms with Crippen LogP contribution >= 0.6 is 0 Å². The molecule has 3 aromatic rings. The van der Waals surface area contributed by atoms with Crippen molar-refractivity contribution in [2.45, 2.75) is 64.0 Å². The Kier molecular flexibility index (Phi) is 9.31. The van der Waals surface area contributed by atoms with E-state index >= 15 is 0 Å². The highest BCUT2D eigenvalue weighted by molar-refractivity contribution is 5.98. The van der Waals surface area contributed by atoms with Crippen molar-refractivity contribution in [3.63, 3.8) is 0 Å². The lowest BCUT2D eigenvalue weighted by atomic mass is 9.84. The number of rotatable bonds is 9. The number of hydrogen-bond acceptors (Lipinski definition) is 7. The van der Waals surface area contributed by atoms with Crippen molar-refractivity contribution < 1.29 is 28.6 Å². The number of amides is 1. The van der Waals surface area contributed by atoms with Gasteiger partial charge >= 0.3 is 11.9 Å². The molecule has 2 aromatic carbocycles. The molecule has 1 aliphatic carbocycles. The van der Waals surface area contributed by atoms with Gasteiger partial charge in [-0.15, -0.1) is 0 Å². The number of hydrogen-bond donors (Lipinski definition) is 1. The topological polar surface area (TPSA) is 104 Å². The van der Waals surface area contributed by atoms with Crippen LogP contribution in [0.2, 0.25) is 0 Å². The first kappa shape index (κ1) is 27.8. The Labute approximate surface area is 228 Å². The van der Waals surface area contributed by atoms with Gasteiger partial charge in [-0.1, -0.05) is 61.5 Å². The molecule has 0 saturated carbocycles. The van der Waals surface area contributed by atoms with E-state index in [1.165, 1.54) is 24.9 Å². The van der Waals surface area contributed by atoms with Crippen LogP contribution in [-0.2, 0) is 20.7 Å².